The van der Waals surface area contributed by atoms with Gasteiger partial charge in [-0.2, -0.15) is 5.10 Å². The van der Waals surface area contributed by atoms with Gasteiger partial charge >= 0.3 is 0 Å². The molecule has 0 aliphatic heterocycles. The van der Waals surface area contributed by atoms with E-state index >= 15 is 0 Å². The first-order valence-electron chi connectivity index (χ1n) is 7.73. The molecule has 1 amide bonds. The minimum absolute atomic E-state index is 0.198. The number of rotatable bonds is 5. The standard InChI is InChI=1S/C18H17FN4OS/c1-12(22-17(24)7-8-18-20-9-10-25-18)16-11-21-23(13(16)2)15-5-3-14(19)4-6-15/h3-12H,1-2H3,(H,22,24)/b8-7+. The van der Waals surface area contributed by atoms with E-state index in [4.69, 9.17) is 0 Å². The Hall–Kier alpha value is -2.80. The first kappa shape index (κ1) is 17.0. The Kier molecular flexibility index (Phi) is 5.04. The molecule has 0 fully saturated rings. The van der Waals surface area contributed by atoms with Crippen molar-refractivity contribution in [2.45, 2.75) is 19.9 Å². The number of amides is 1. The van der Waals surface area contributed by atoms with Crippen molar-refractivity contribution in [1.29, 1.82) is 0 Å². The van der Waals surface area contributed by atoms with Crippen molar-refractivity contribution in [1.82, 2.24) is 20.1 Å². The molecular formula is C18H17FN4OS. The molecule has 1 atom stereocenters. The van der Waals surface area contributed by atoms with Gasteiger partial charge in [0.05, 0.1) is 17.9 Å². The van der Waals surface area contributed by atoms with Gasteiger partial charge in [0.2, 0.25) is 5.91 Å². The van der Waals surface area contributed by atoms with Crippen LogP contribution in [0.4, 0.5) is 4.39 Å². The highest BCUT2D eigenvalue weighted by molar-refractivity contribution is 7.10. The van der Waals surface area contributed by atoms with E-state index in [-0.39, 0.29) is 17.8 Å². The predicted molar refractivity (Wildman–Crippen MR) is 96.0 cm³/mol. The first-order valence-corrected chi connectivity index (χ1v) is 8.61. The number of halogens is 1. The van der Waals surface area contributed by atoms with Crippen LogP contribution in [0.25, 0.3) is 11.8 Å². The van der Waals surface area contributed by atoms with Crippen molar-refractivity contribution in [3.63, 3.8) is 0 Å². The molecule has 1 unspecified atom stereocenters. The SMILES string of the molecule is Cc1c(C(C)NC(=O)/C=C/c2nccs2)cnn1-c1ccc(F)cc1. The molecule has 5 nitrogen and oxygen atoms in total. The summed E-state index contributed by atoms with van der Waals surface area (Å²) in [6, 6.07) is 5.91. The van der Waals surface area contributed by atoms with Crippen molar-refractivity contribution in [2.24, 2.45) is 0 Å². The number of benzene rings is 1. The Morgan fingerprint density at radius 1 is 1.36 bits per heavy atom. The largest absolute Gasteiger partial charge is 0.346 e. The fourth-order valence-corrected chi connectivity index (χ4v) is 3.02. The Morgan fingerprint density at radius 3 is 2.80 bits per heavy atom. The van der Waals surface area contributed by atoms with Crippen LogP contribution in [-0.4, -0.2) is 20.7 Å². The smallest absolute Gasteiger partial charge is 0.244 e. The minimum Gasteiger partial charge on any atom is -0.346 e. The quantitative estimate of drug-likeness (QED) is 0.710. The van der Waals surface area contributed by atoms with Crippen LogP contribution < -0.4 is 5.32 Å². The summed E-state index contributed by atoms with van der Waals surface area (Å²) in [5, 5.41) is 9.89. The summed E-state index contributed by atoms with van der Waals surface area (Å²) in [6.45, 7) is 3.81. The number of hydrogen-bond donors (Lipinski definition) is 1. The van der Waals surface area contributed by atoms with Gasteiger partial charge in [-0.05, 0) is 44.2 Å². The highest BCUT2D eigenvalue weighted by atomic mass is 32.1. The Labute approximate surface area is 148 Å². The molecule has 1 aromatic carbocycles. The van der Waals surface area contributed by atoms with E-state index in [1.165, 1.54) is 29.5 Å². The number of nitrogens with zero attached hydrogens (tertiary/aromatic N) is 3. The van der Waals surface area contributed by atoms with Crippen LogP contribution in [0, 0.1) is 12.7 Å². The van der Waals surface area contributed by atoms with Crippen LogP contribution in [0.2, 0.25) is 0 Å². The molecule has 3 rings (SSSR count). The lowest BCUT2D eigenvalue weighted by Crippen LogP contribution is -2.25. The maximum atomic E-state index is 13.1. The maximum Gasteiger partial charge on any atom is 0.244 e. The number of thiazole rings is 1. The third kappa shape index (κ3) is 4.00. The van der Waals surface area contributed by atoms with Crippen LogP contribution in [0.1, 0.15) is 29.2 Å². The molecule has 0 aliphatic rings. The first-order chi connectivity index (χ1) is 12.0. The topological polar surface area (TPSA) is 59.8 Å². The van der Waals surface area contributed by atoms with Crippen molar-refractivity contribution in [3.8, 4) is 5.69 Å². The van der Waals surface area contributed by atoms with Crippen LogP contribution in [0.3, 0.4) is 0 Å². The summed E-state index contributed by atoms with van der Waals surface area (Å²) in [5.41, 5.74) is 2.57. The number of aromatic nitrogens is 3. The molecule has 2 heterocycles. The van der Waals surface area contributed by atoms with Gasteiger partial charge in [0.25, 0.3) is 0 Å². The average molecular weight is 356 g/mol. The molecule has 7 heteroatoms. The number of carbonyl (C=O) groups excluding carboxylic acids is 1. The van der Waals surface area contributed by atoms with E-state index in [1.807, 2.05) is 19.2 Å². The van der Waals surface area contributed by atoms with Gasteiger partial charge in [0.1, 0.15) is 10.8 Å². The second-order valence-corrected chi connectivity index (χ2v) is 6.43. The third-order valence-corrected chi connectivity index (χ3v) is 4.51. The van der Waals surface area contributed by atoms with Gasteiger partial charge < -0.3 is 5.32 Å². The van der Waals surface area contributed by atoms with Gasteiger partial charge in [-0.25, -0.2) is 14.1 Å². The zero-order chi connectivity index (χ0) is 17.8. The lowest BCUT2D eigenvalue weighted by molar-refractivity contribution is -0.117. The van der Waals surface area contributed by atoms with Crippen LogP contribution in [0.5, 0.6) is 0 Å². The molecule has 0 saturated carbocycles. The van der Waals surface area contributed by atoms with Crippen LogP contribution in [0.15, 0.2) is 48.1 Å². The third-order valence-electron chi connectivity index (χ3n) is 3.77. The molecule has 0 bridgehead atoms. The summed E-state index contributed by atoms with van der Waals surface area (Å²) < 4.78 is 14.8. The average Bonchev–Trinajstić information content (AvgIpc) is 3.23. The Balaban J connectivity index is 1.71. The lowest BCUT2D eigenvalue weighted by Gasteiger charge is -2.13. The van der Waals surface area contributed by atoms with Crippen molar-refractivity contribution >= 4 is 23.3 Å². The monoisotopic (exact) mass is 356 g/mol. The summed E-state index contributed by atoms with van der Waals surface area (Å²) in [4.78, 5) is 16.2. The van der Waals surface area contributed by atoms with E-state index in [0.29, 0.717) is 0 Å². The number of carbonyl (C=O) groups is 1. The van der Waals surface area contributed by atoms with Crippen LogP contribution >= 0.6 is 11.3 Å². The van der Waals surface area contributed by atoms with E-state index in [1.54, 1.807) is 35.3 Å². The Morgan fingerprint density at radius 2 is 2.12 bits per heavy atom. The summed E-state index contributed by atoms with van der Waals surface area (Å²) in [5.74, 6) is -0.488. The molecule has 1 N–H and O–H groups in total. The van der Waals surface area contributed by atoms with E-state index in [2.05, 4.69) is 15.4 Å². The summed E-state index contributed by atoms with van der Waals surface area (Å²) >= 11 is 1.47. The Bertz CT molecular complexity index is 884. The number of hydrogen-bond acceptors (Lipinski definition) is 4. The van der Waals surface area contributed by atoms with Crippen molar-refractivity contribution < 1.29 is 9.18 Å². The fourth-order valence-electron chi connectivity index (χ4n) is 2.49. The zero-order valence-corrected chi connectivity index (χ0v) is 14.6. The maximum absolute atomic E-state index is 13.1. The van der Waals surface area contributed by atoms with E-state index in [9.17, 15) is 9.18 Å². The number of nitrogens with one attached hydrogen (secondary N) is 1. The summed E-state index contributed by atoms with van der Waals surface area (Å²) in [7, 11) is 0. The summed E-state index contributed by atoms with van der Waals surface area (Å²) in [6.07, 6.45) is 6.56. The van der Waals surface area contributed by atoms with Gasteiger partial charge in [-0.3, -0.25) is 4.79 Å². The molecule has 0 radical (unpaired) electrons. The van der Waals surface area contributed by atoms with Gasteiger partial charge in [-0.1, -0.05) is 0 Å². The van der Waals surface area contributed by atoms with Crippen molar-refractivity contribution in [2.75, 3.05) is 0 Å². The molecule has 0 saturated heterocycles. The van der Waals surface area contributed by atoms with Gasteiger partial charge in [0, 0.05) is 28.9 Å². The highest BCUT2D eigenvalue weighted by Gasteiger charge is 2.15. The van der Waals surface area contributed by atoms with Gasteiger partial charge in [0.15, 0.2) is 0 Å². The zero-order valence-electron chi connectivity index (χ0n) is 13.8. The highest BCUT2D eigenvalue weighted by Crippen LogP contribution is 2.20. The van der Waals surface area contributed by atoms with Crippen LogP contribution in [-0.2, 0) is 4.79 Å². The van der Waals surface area contributed by atoms with E-state index < -0.39 is 0 Å². The molecule has 2 aromatic heterocycles. The molecular weight excluding hydrogens is 339 g/mol. The molecule has 128 valence electrons. The van der Waals surface area contributed by atoms with E-state index in [0.717, 1.165) is 22.0 Å². The molecule has 3 aromatic rings. The fraction of sp³-hybridized carbons (Fsp3) is 0.167. The predicted octanol–water partition coefficient (Wildman–Crippen LogP) is 3.67. The lowest BCUT2D eigenvalue weighted by atomic mass is 10.1. The minimum atomic E-state index is -0.290. The molecule has 25 heavy (non-hydrogen) atoms. The van der Waals surface area contributed by atoms with Crippen molar-refractivity contribution in [3.05, 3.63) is 70.2 Å². The van der Waals surface area contributed by atoms with Gasteiger partial charge in [-0.15, -0.1) is 11.3 Å². The second kappa shape index (κ2) is 7.40. The molecule has 0 aliphatic carbocycles. The second-order valence-electron chi connectivity index (χ2n) is 5.51. The molecule has 0 spiro atoms. The normalized spacial score (nSPS) is 12.4.